The molecule has 0 aliphatic heterocycles. The molecule has 0 fully saturated rings. The van der Waals surface area contributed by atoms with Crippen molar-refractivity contribution >= 4 is 10.9 Å². The summed E-state index contributed by atoms with van der Waals surface area (Å²) in [4.78, 5) is 4.29. The summed E-state index contributed by atoms with van der Waals surface area (Å²) in [6, 6.07) is 8.09. The second-order valence-corrected chi connectivity index (χ2v) is 4.79. The highest BCUT2D eigenvalue weighted by atomic mass is 16.5. The second-order valence-electron chi connectivity index (χ2n) is 4.79. The van der Waals surface area contributed by atoms with Crippen LogP contribution in [0, 0.1) is 0 Å². The molecule has 3 aromatic rings. The molecule has 0 atom stereocenters. The van der Waals surface area contributed by atoms with Crippen LogP contribution in [0.25, 0.3) is 22.4 Å². The number of benzene rings is 1. The van der Waals surface area contributed by atoms with Gasteiger partial charge in [0.25, 0.3) is 0 Å². The highest BCUT2D eigenvalue weighted by molar-refractivity contribution is 5.92. The van der Waals surface area contributed by atoms with Crippen molar-refractivity contribution in [1.82, 2.24) is 20.1 Å². The molecule has 0 aliphatic carbocycles. The van der Waals surface area contributed by atoms with Gasteiger partial charge in [-0.2, -0.15) is 5.10 Å². The maximum absolute atomic E-state index is 5.57. The lowest BCUT2D eigenvalue weighted by Gasteiger charge is -2.02. The zero-order valence-electron chi connectivity index (χ0n) is 12.2. The maximum atomic E-state index is 5.57. The van der Waals surface area contributed by atoms with E-state index in [-0.39, 0.29) is 0 Å². The Morgan fingerprint density at radius 2 is 2.19 bits per heavy atom. The average Bonchev–Trinajstić information content (AvgIpc) is 3.09. The first-order valence-electron chi connectivity index (χ1n) is 6.85. The molecular weight excluding hydrogens is 268 g/mol. The molecule has 0 saturated heterocycles. The van der Waals surface area contributed by atoms with E-state index in [0.29, 0.717) is 13.2 Å². The number of para-hydroxylation sites is 1. The Kier molecular flexibility index (Phi) is 3.98. The topological polar surface area (TPSA) is 65.1 Å². The van der Waals surface area contributed by atoms with E-state index in [1.54, 1.807) is 7.11 Å². The number of ether oxygens (including phenoxy) is 1. The van der Waals surface area contributed by atoms with Gasteiger partial charge in [0.05, 0.1) is 12.1 Å². The molecule has 0 aliphatic rings. The minimum absolute atomic E-state index is 0.625. The molecular formula is C15H18N4O2. The fourth-order valence-electron chi connectivity index (χ4n) is 2.35. The number of fused-ring (bicyclic) bond motifs is 1. The quantitative estimate of drug-likeness (QED) is 0.702. The van der Waals surface area contributed by atoms with E-state index in [0.717, 1.165) is 34.6 Å². The largest absolute Gasteiger partial charge is 0.441 e. The van der Waals surface area contributed by atoms with Gasteiger partial charge in [0.2, 0.25) is 0 Å². The monoisotopic (exact) mass is 286 g/mol. The van der Waals surface area contributed by atoms with Crippen molar-refractivity contribution in [3.63, 3.8) is 0 Å². The summed E-state index contributed by atoms with van der Waals surface area (Å²) in [5.74, 6) is 0.719. The summed E-state index contributed by atoms with van der Waals surface area (Å²) in [6.07, 6.45) is 1.46. The minimum atomic E-state index is 0.625. The molecule has 6 heteroatoms. The number of aryl methyl sites for hydroxylation is 1. The Bertz CT molecular complexity index is 732. The van der Waals surface area contributed by atoms with Gasteiger partial charge in [-0.1, -0.05) is 18.2 Å². The van der Waals surface area contributed by atoms with Crippen LogP contribution in [0.4, 0.5) is 0 Å². The fourth-order valence-corrected chi connectivity index (χ4v) is 2.35. The van der Waals surface area contributed by atoms with Crippen molar-refractivity contribution in [1.29, 1.82) is 0 Å². The SMILES string of the molecule is COCCNCc1ncoc1-c1nn(C)c2ccccc12. The molecule has 0 spiro atoms. The Balaban J connectivity index is 1.91. The van der Waals surface area contributed by atoms with Crippen molar-refractivity contribution in [2.75, 3.05) is 20.3 Å². The van der Waals surface area contributed by atoms with E-state index < -0.39 is 0 Å². The molecule has 0 amide bonds. The first-order valence-corrected chi connectivity index (χ1v) is 6.85. The lowest BCUT2D eigenvalue weighted by Crippen LogP contribution is -2.19. The van der Waals surface area contributed by atoms with Crippen molar-refractivity contribution in [3.8, 4) is 11.5 Å². The van der Waals surface area contributed by atoms with Gasteiger partial charge in [0.15, 0.2) is 12.2 Å². The third-order valence-corrected chi connectivity index (χ3v) is 3.39. The van der Waals surface area contributed by atoms with Gasteiger partial charge in [-0.15, -0.1) is 0 Å². The van der Waals surface area contributed by atoms with Crippen molar-refractivity contribution < 1.29 is 9.15 Å². The Morgan fingerprint density at radius 1 is 1.33 bits per heavy atom. The van der Waals surface area contributed by atoms with E-state index in [2.05, 4.69) is 15.4 Å². The summed E-state index contributed by atoms with van der Waals surface area (Å²) in [5.41, 5.74) is 2.76. The van der Waals surface area contributed by atoms with E-state index in [1.165, 1.54) is 6.39 Å². The highest BCUT2D eigenvalue weighted by Crippen LogP contribution is 2.29. The van der Waals surface area contributed by atoms with Crippen LogP contribution in [0.2, 0.25) is 0 Å². The van der Waals surface area contributed by atoms with Crippen LogP contribution >= 0.6 is 0 Å². The van der Waals surface area contributed by atoms with Gasteiger partial charge in [-0.25, -0.2) is 4.98 Å². The van der Waals surface area contributed by atoms with Crippen LogP contribution < -0.4 is 5.32 Å². The van der Waals surface area contributed by atoms with Crippen LogP contribution in [-0.4, -0.2) is 35.0 Å². The number of hydrogen-bond acceptors (Lipinski definition) is 5. The van der Waals surface area contributed by atoms with Crippen LogP contribution in [0.1, 0.15) is 5.69 Å². The molecule has 21 heavy (non-hydrogen) atoms. The fraction of sp³-hybridized carbons (Fsp3) is 0.333. The average molecular weight is 286 g/mol. The molecule has 6 nitrogen and oxygen atoms in total. The predicted molar refractivity (Wildman–Crippen MR) is 79.8 cm³/mol. The number of hydrogen-bond donors (Lipinski definition) is 1. The van der Waals surface area contributed by atoms with Crippen molar-refractivity contribution in [3.05, 3.63) is 36.4 Å². The van der Waals surface area contributed by atoms with E-state index >= 15 is 0 Å². The molecule has 1 N–H and O–H groups in total. The minimum Gasteiger partial charge on any atom is -0.441 e. The molecule has 2 aromatic heterocycles. The molecule has 110 valence electrons. The number of nitrogens with one attached hydrogen (secondary N) is 1. The molecule has 2 heterocycles. The van der Waals surface area contributed by atoms with Crippen LogP contribution in [0.3, 0.4) is 0 Å². The molecule has 0 bridgehead atoms. The van der Waals surface area contributed by atoms with Gasteiger partial charge in [0, 0.05) is 32.6 Å². The zero-order valence-corrected chi connectivity index (χ0v) is 12.2. The van der Waals surface area contributed by atoms with Gasteiger partial charge in [-0.05, 0) is 6.07 Å². The molecule has 0 radical (unpaired) electrons. The van der Waals surface area contributed by atoms with Gasteiger partial charge < -0.3 is 14.5 Å². The van der Waals surface area contributed by atoms with Gasteiger partial charge >= 0.3 is 0 Å². The smallest absolute Gasteiger partial charge is 0.181 e. The first kappa shape index (κ1) is 13.8. The highest BCUT2D eigenvalue weighted by Gasteiger charge is 2.17. The zero-order chi connectivity index (χ0) is 14.7. The normalized spacial score (nSPS) is 11.3. The van der Waals surface area contributed by atoms with Crippen molar-refractivity contribution in [2.45, 2.75) is 6.54 Å². The third-order valence-electron chi connectivity index (χ3n) is 3.39. The second kappa shape index (κ2) is 6.07. The van der Waals surface area contributed by atoms with Gasteiger partial charge in [-0.3, -0.25) is 4.68 Å². The van der Waals surface area contributed by atoms with E-state index in [1.807, 2.05) is 36.0 Å². The summed E-state index contributed by atoms with van der Waals surface area (Å²) < 4.78 is 12.4. The first-order chi connectivity index (χ1) is 10.3. The maximum Gasteiger partial charge on any atom is 0.181 e. The van der Waals surface area contributed by atoms with Gasteiger partial charge in [0.1, 0.15) is 11.4 Å². The van der Waals surface area contributed by atoms with Crippen LogP contribution in [-0.2, 0) is 18.3 Å². The number of methoxy groups -OCH3 is 1. The predicted octanol–water partition coefficient (Wildman–Crippen LogP) is 1.96. The van der Waals surface area contributed by atoms with Crippen molar-refractivity contribution in [2.24, 2.45) is 7.05 Å². The van der Waals surface area contributed by atoms with Crippen LogP contribution in [0.5, 0.6) is 0 Å². The standard InChI is InChI=1S/C15H18N4O2/c1-19-13-6-4-3-5-11(13)14(18-19)15-12(17-10-21-15)9-16-7-8-20-2/h3-6,10,16H,7-9H2,1-2H3. The number of aromatic nitrogens is 3. The third kappa shape index (κ3) is 2.68. The molecule has 3 rings (SSSR count). The Labute approximate surface area is 122 Å². The summed E-state index contributed by atoms with van der Waals surface area (Å²) >= 11 is 0. The number of nitrogens with zero attached hydrogens (tertiary/aromatic N) is 3. The van der Waals surface area contributed by atoms with E-state index in [4.69, 9.17) is 9.15 Å². The molecule has 0 saturated carbocycles. The van der Waals surface area contributed by atoms with E-state index in [9.17, 15) is 0 Å². The van der Waals surface area contributed by atoms with Crippen LogP contribution in [0.15, 0.2) is 35.1 Å². The summed E-state index contributed by atoms with van der Waals surface area (Å²) in [5, 5.41) is 8.90. The molecule has 0 unspecified atom stereocenters. The molecule has 1 aromatic carbocycles. The lowest BCUT2D eigenvalue weighted by atomic mass is 10.1. The Hall–Kier alpha value is -2.18. The number of oxazole rings is 1. The Morgan fingerprint density at radius 3 is 3.05 bits per heavy atom. The lowest BCUT2D eigenvalue weighted by molar-refractivity contribution is 0.199. The summed E-state index contributed by atoms with van der Waals surface area (Å²) in [7, 11) is 3.61. The summed E-state index contributed by atoms with van der Waals surface area (Å²) in [6.45, 7) is 2.06. The number of rotatable bonds is 6.